The van der Waals surface area contributed by atoms with Gasteiger partial charge in [0.2, 0.25) is 0 Å². The summed E-state index contributed by atoms with van der Waals surface area (Å²) in [6.45, 7) is 0.545. The number of rotatable bonds is 5. The van der Waals surface area contributed by atoms with Gasteiger partial charge in [-0.25, -0.2) is 14.4 Å². The van der Waals surface area contributed by atoms with Gasteiger partial charge in [-0.05, 0) is 42.0 Å². The topological polar surface area (TPSA) is 55.6 Å². The zero-order valence-electron chi connectivity index (χ0n) is 16.0. The van der Waals surface area contributed by atoms with Crippen molar-refractivity contribution >= 4 is 16.9 Å². The molecule has 5 rings (SSSR count). The Morgan fingerprint density at radius 1 is 0.833 bits per heavy atom. The van der Waals surface area contributed by atoms with E-state index in [0.29, 0.717) is 6.54 Å². The smallest absolute Gasteiger partial charge is 0.150 e. The van der Waals surface area contributed by atoms with E-state index < -0.39 is 0 Å². The van der Waals surface area contributed by atoms with Gasteiger partial charge >= 0.3 is 0 Å². The molecule has 30 heavy (non-hydrogen) atoms. The molecule has 0 bridgehead atoms. The van der Waals surface area contributed by atoms with Crippen LogP contribution in [0, 0.1) is 5.82 Å². The third-order valence-electron chi connectivity index (χ3n) is 4.94. The van der Waals surface area contributed by atoms with Crippen molar-refractivity contribution in [3.63, 3.8) is 0 Å². The average molecular weight is 395 g/mol. The van der Waals surface area contributed by atoms with Gasteiger partial charge in [0, 0.05) is 23.6 Å². The molecule has 3 aromatic heterocycles. The van der Waals surface area contributed by atoms with Gasteiger partial charge in [-0.15, -0.1) is 0 Å². The molecular weight excluding hydrogens is 377 g/mol. The first-order valence-electron chi connectivity index (χ1n) is 9.61. The number of pyridine rings is 1. The van der Waals surface area contributed by atoms with Crippen molar-refractivity contribution in [2.75, 3.05) is 5.32 Å². The molecule has 0 aliphatic carbocycles. The highest BCUT2D eigenvalue weighted by Gasteiger charge is 2.17. The molecule has 1 N–H and O–H groups in total. The first-order valence-corrected chi connectivity index (χ1v) is 9.61. The first kappa shape index (κ1) is 18.0. The Labute approximate surface area is 172 Å². The molecule has 0 atom stereocenters. The van der Waals surface area contributed by atoms with Gasteiger partial charge in [-0.1, -0.05) is 36.4 Å². The van der Waals surface area contributed by atoms with Gasteiger partial charge in [-0.2, -0.15) is 0 Å². The second-order valence-corrected chi connectivity index (χ2v) is 6.85. The molecule has 0 fully saturated rings. The number of nitrogens with one attached hydrogen (secondary N) is 1. The van der Waals surface area contributed by atoms with Crippen molar-refractivity contribution in [1.29, 1.82) is 0 Å². The molecule has 3 heterocycles. The van der Waals surface area contributed by atoms with E-state index in [-0.39, 0.29) is 5.82 Å². The number of hydrogen-bond acceptors (Lipinski definition) is 4. The predicted molar refractivity (Wildman–Crippen MR) is 116 cm³/mol. The molecule has 0 amide bonds. The van der Waals surface area contributed by atoms with E-state index in [1.165, 1.54) is 18.5 Å². The van der Waals surface area contributed by atoms with Gasteiger partial charge in [0.25, 0.3) is 0 Å². The zero-order chi connectivity index (χ0) is 20.3. The molecule has 0 aliphatic heterocycles. The predicted octanol–water partition coefficient (Wildman–Crippen LogP) is 5.23. The van der Waals surface area contributed by atoms with Crippen LogP contribution in [0.3, 0.4) is 0 Å². The van der Waals surface area contributed by atoms with E-state index in [9.17, 15) is 4.39 Å². The fourth-order valence-corrected chi connectivity index (χ4v) is 3.51. The van der Waals surface area contributed by atoms with Gasteiger partial charge < -0.3 is 9.88 Å². The summed E-state index contributed by atoms with van der Waals surface area (Å²) in [4.78, 5) is 13.4. The van der Waals surface area contributed by atoms with E-state index in [1.807, 2.05) is 47.2 Å². The van der Waals surface area contributed by atoms with Crippen LogP contribution in [-0.2, 0) is 6.54 Å². The highest BCUT2D eigenvalue weighted by molar-refractivity contribution is 6.02. The second kappa shape index (κ2) is 7.75. The summed E-state index contributed by atoms with van der Waals surface area (Å²) in [5.74, 6) is 0.455. The normalized spacial score (nSPS) is 11.0. The number of anilines is 1. The van der Waals surface area contributed by atoms with Crippen LogP contribution in [0.1, 0.15) is 5.69 Å². The Balaban J connectivity index is 1.67. The van der Waals surface area contributed by atoms with Crippen molar-refractivity contribution in [3.8, 4) is 16.8 Å². The van der Waals surface area contributed by atoms with E-state index in [4.69, 9.17) is 0 Å². The lowest BCUT2D eigenvalue weighted by Gasteiger charge is -2.08. The maximum atomic E-state index is 13.5. The quantitative estimate of drug-likeness (QED) is 0.443. The minimum Gasteiger partial charge on any atom is -0.364 e. The maximum Gasteiger partial charge on any atom is 0.150 e. The standard InChI is InChI=1S/C24H18FN5/c25-18-9-11-20(12-10-18)30-15-21(17-6-2-1-3-7-17)22-23(28-16-29-24(22)30)27-14-19-8-4-5-13-26-19/h1-13,15-16H,14H2,(H,27,28,29). The van der Waals surface area contributed by atoms with Crippen LogP contribution < -0.4 is 5.32 Å². The minimum atomic E-state index is -0.272. The summed E-state index contributed by atoms with van der Waals surface area (Å²) in [7, 11) is 0. The number of benzene rings is 2. The fraction of sp³-hybridized carbons (Fsp3) is 0.0417. The molecule has 0 aliphatic rings. The summed E-state index contributed by atoms with van der Waals surface area (Å²) >= 11 is 0. The number of aromatic nitrogens is 4. The van der Waals surface area contributed by atoms with Crippen molar-refractivity contribution in [3.05, 3.63) is 103 Å². The molecule has 0 spiro atoms. The van der Waals surface area contributed by atoms with E-state index >= 15 is 0 Å². The highest BCUT2D eigenvalue weighted by atomic mass is 19.1. The molecule has 146 valence electrons. The molecule has 0 radical (unpaired) electrons. The monoisotopic (exact) mass is 395 g/mol. The summed E-state index contributed by atoms with van der Waals surface area (Å²) < 4.78 is 15.4. The highest BCUT2D eigenvalue weighted by Crippen LogP contribution is 2.35. The lowest BCUT2D eigenvalue weighted by atomic mass is 10.1. The van der Waals surface area contributed by atoms with Gasteiger partial charge in [0.05, 0.1) is 17.6 Å². The number of nitrogens with zero attached hydrogens (tertiary/aromatic N) is 4. The third-order valence-corrected chi connectivity index (χ3v) is 4.94. The van der Waals surface area contributed by atoms with Crippen molar-refractivity contribution < 1.29 is 4.39 Å². The third kappa shape index (κ3) is 3.39. The average Bonchev–Trinajstić information content (AvgIpc) is 3.20. The molecule has 2 aromatic carbocycles. The van der Waals surface area contributed by atoms with Crippen LogP contribution in [0.4, 0.5) is 10.2 Å². The van der Waals surface area contributed by atoms with Crippen LogP contribution in [0.15, 0.2) is 91.5 Å². The minimum absolute atomic E-state index is 0.272. The van der Waals surface area contributed by atoms with E-state index in [1.54, 1.807) is 18.3 Å². The van der Waals surface area contributed by atoms with E-state index in [2.05, 4.69) is 32.4 Å². The summed E-state index contributed by atoms with van der Waals surface area (Å²) in [5, 5.41) is 4.31. The van der Waals surface area contributed by atoms with Gasteiger partial charge in [0.1, 0.15) is 18.0 Å². The fourth-order valence-electron chi connectivity index (χ4n) is 3.51. The van der Waals surface area contributed by atoms with E-state index in [0.717, 1.165) is 39.4 Å². The van der Waals surface area contributed by atoms with Gasteiger partial charge in [0.15, 0.2) is 5.65 Å². The van der Waals surface area contributed by atoms with Crippen molar-refractivity contribution in [1.82, 2.24) is 19.5 Å². The largest absolute Gasteiger partial charge is 0.364 e. The molecule has 0 unspecified atom stereocenters. The first-order chi connectivity index (χ1) is 14.8. The van der Waals surface area contributed by atoms with Crippen LogP contribution in [-0.4, -0.2) is 19.5 Å². The maximum absolute atomic E-state index is 13.5. The molecule has 0 saturated heterocycles. The van der Waals surface area contributed by atoms with Crippen LogP contribution in [0.2, 0.25) is 0 Å². The Morgan fingerprint density at radius 2 is 1.63 bits per heavy atom. The lowest BCUT2D eigenvalue weighted by Crippen LogP contribution is -2.04. The second-order valence-electron chi connectivity index (χ2n) is 6.85. The van der Waals surface area contributed by atoms with Crippen LogP contribution in [0.5, 0.6) is 0 Å². The Hall–Kier alpha value is -4.06. The van der Waals surface area contributed by atoms with Gasteiger partial charge in [-0.3, -0.25) is 4.98 Å². The Kier molecular flexibility index (Phi) is 4.65. The number of halogens is 1. The molecule has 0 saturated carbocycles. The van der Waals surface area contributed by atoms with Crippen molar-refractivity contribution in [2.24, 2.45) is 0 Å². The molecular formula is C24H18FN5. The Morgan fingerprint density at radius 3 is 2.40 bits per heavy atom. The van der Waals surface area contributed by atoms with Crippen LogP contribution in [0.25, 0.3) is 27.8 Å². The summed E-state index contributed by atoms with van der Waals surface area (Å²) in [6, 6.07) is 22.3. The zero-order valence-corrected chi connectivity index (χ0v) is 16.0. The number of fused-ring (bicyclic) bond motifs is 1. The lowest BCUT2D eigenvalue weighted by molar-refractivity contribution is 0.627. The number of hydrogen-bond donors (Lipinski definition) is 1. The SMILES string of the molecule is Fc1ccc(-n2cc(-c3ccccc3)c3c(NCc4ccccn4)ncnc32)cc1. The molecule has 5 aromatic rings. The molecule has 5 nitrogen and oxygen atoms in total. The van der Waals surface area contributed by atoms with Crippen LogP contribution >= 0.6 is 0 Å². The van der Waals surface area contributed by atoms with Crippen molar-refractivity contribution in [2.45, 2.75) is 6.54 Å². The summed E-state index contributed by atoms with van der Waals surface area (Å²) in [6.07, 6.45) is 5.33. The Bertz CT molecular complexity index is 1280. The summed E-state index contributed by atoms with van der Waals surface area (Å²) in [5.41, 5.74) is 4.55. The molecule has 6 heteroatoms.